The summed E-state index contributed by atoms with van der Waals surface area (Å²) >= 11 is 0. The highest BCUT2D eigenvalue weighted by atomic mass is 35.5. The van der Waals surface area contributed by atoms with Crippen molar-refractivity contribution < 1.29 is 8.42 Å². The first kappa shape index (κ1) is 16.4. The van der Waals surface area contributed by atoms with Crippen LogP contribution >= 0.6 is 12.4 Å². The van der Waals surface area contributed by atoms with Crippen LogP contribution in [-0.4, -0.2) is 20.5 Å². The van der Waals surface area contributed by atoms with E-state index in [2.05, 4.69) is 4.72 Å². The van der Waals surface area contributed by atoms with Crippen molar-refractivity contribution in [1.29, 1.82) is 0 Å². The fourth-order valence-corrected chi connectivity index (χ4v) is 3.35. The van der Waals surface area contributed by atoms with Crippen LogP contribution in [0, 0.1) is 0 Å². The highest BCUT2D eigenvalue weighted by Crippen LogP contribution is 2.24. The first-order chi connectivity index (χ1) is 8.28. The Morgan fingerprint density at radius 1 is 1.26 bits per heavy atom. The minimum absolute atomic E-state index is 0. The molecule has 0 spiro atoms. The van der Waals surface area contributed by atoms with Crippen LogP contribution in [0.3, 0.4) is 0 Å². The average Bonchev–Trinajstić information content (AvgIpc) is 2.72. The molecule has 1 aromatic carbocycles. The van der Waals surface area contributed by atoms with E-state index in [4.69, 9.17) is 5.73 Å². The van der Waals surface area contributed by atoms with Gasteiger partial charge in [-0.3, -0.25) is 0 Å². The molecule has 0 radical (unpaired) electrons. The number of sulfonamides is 1. The Balaban J connectivity index is 0.00000180. The third kappa shape index (κ3) is 4.18. The van der Waals surface area contributed by atoms with E-state index in [1.54, 1.807) is 26.0 Å². The van der Waals surface area contributed by atoms with E-state index >= 15 is 0 Å². The predicted molar refractivity (Wildman–Crippen MR) is 79.2 cm³/mol. The topological polar surface area (TPSA) is 72.2 Å². The molecular formula is C13H21ClN2O2S. The van der Waals surface area contributed by atoms with Crippen LogP contribution in [-0.2, 0) is 22.9 Å². The predicted octanol–water partition coefficient (Wildman–Crippen LogP) is 1.61. The standard InChI is InChI=1S/C13H20N2O2S.ClH/c1-13(2,14)9-15-18(16,17)12-7-6-10-4-3-5-11(10)8-12;/h6-8,15H,3-5,9,14H2,1-2H3;1H. The summed E-state index contributed by atoms with van der Waals surface area (Å²) in [6.07, 6.45) is 3.14. The first-order valence-corrected chi connectivity index (χ1v) is 7.67. The van der Waals surface area contributed by atoms with Gasteiger partial charge in [-0.25, -0.2) is 13.1 Å². The molecule has 19 heavy (non-hydrogen) atoms. The zero-order valence-electron chi connectivity index (χ0n) is 11.3. The molecule has 0 bridgehead atoms. The molecule has 0 amide bonds. The van der Waals surface area contributed by atoms with E-state index in [0.717, 1.165) is 24.8 Å². The zero-order chi connectivity index (χ0) is 13.4. The number of benzene rings is 1. The van der Waals surface area contributed by atoms with E-state index in [9.17, 15) is 8.42 Å². The van der Waals surface area contributed by atoms with E-state index < -0.39 is 15.6 Å². The van der Waals surface area contributed by atoms with Gasteiger partial charge in [0, 0.05) is 12.1 Å². The number of aryl methyl sites for hydroxylation is 2. The molecule has 6 heteroatoms. The Hall–Kier alpha value is -0.620. The Kier molecular flexibility index (Phi) is 5.01. The van der Waals surface area contributed by atoms with E-state index in [-0.39, 0.29) is 19.0 Å². The van der Waals surface area contributed by atoms with Gasteiger partial charge in [-0.1, -0.05) is 6.07 Å². The second kappa shape index (κ2) is 5.79. The van der Waals surface area contributed by atoms with Crippen LogP contribution in [0.25, 0.3) is 0 Å². The summed E-state index contributed by atoms with van der Waals surface area (Å²) in [5.41, 5.74) is 7.66. The van der Waals surface area contributed by atoms with Crippen LogP contribution in [0.5, 0.6) is 0 Å². The minimum atomic E-state index is -3.45. The quantitative estimate of drug-likeness (QED) is 0.888. The van der Waals surface area contributed by atoms with Gasteiger partial charge in [0.15, 0.2) is 0 Å². The molecule has 1 aliphatic carbocycles. The number of hydrogen-bond donors (Lipinski definition) is 2. The molecule has 108 valence electrons. The molecule has 2 rings (SSSR count). The summed E-state index contributed by atoms with van der Waals surface area (Å²) in [7, 11) is -3.45. The van der Waals surface area contributed by atoms with Crippen molar-refractivity contribution in [3.05, 3.63) is 29.3 Å². The molecule has 4 nitrogen and oxygen atoms in total. The Labute approximate surface area is 121 Å². The fraction of sp³-hybridized carbons (Fsp3) is 0.538. The van der Waals surface area contributed by atoms with Crippen molar-refractivity contribution in [2.75, 3.05) is 6.54 Å². The maximum absolute atomic E-state index is 12.1. The molecular weight excluding hydrogens is 284 g/mol. The van der Waals surface area contributed by atoms with Gasteiger partial charge in [-0.05, 0) is 56.4 Å². The van der Waals surface area contributed by atoms with Gasteiger partial charge in [0.05, 0.1) is 4.90 Å². The lowest BCUT2D eigenvalue weighted by Crippen LogP contribution is -2.45. The van der Waals surface area contributed by atoms with Crippen LogP contribution in [0.1, 0.15) is 31.4 Å². The average molecular weight is 305 g/mol. The molecule has 0 saturated carbocycles. The lowest BCUT2D eigenvalue weighted by atomic mass is 10.1. The minimum Gasteiger partial charge on any atom is -0.324 e. The Morgan fingerprint density at radius 2 is 1.89 bits per heavy atom. The van der Waals surface area contributed by atoms with Crippen molar-refractivity contribution in [2.24, 2.45) is 5.73 Å². The molecule has 0 heterocycles. The molecule has 3 N–H and O–H groups in total. The summed E-state index contributed by atoms with van der Waals surface area (Å²) < 4.78 is 26.8. The van der Waals surface area contributed by atoms with Crippen LogP contribution in [0.4, 0.5) is 0 Å². The van der Waals surface area contributed by atoms with Gasteiger partial charge in [0.1, 0.15) is 0 Å². The monoisotopic (exact) mass is 304 g/mol. The maximum atomic E-state index is 12.1. The van der Waals surface area contributed by atoms with Crippen molar-refractivity contribution in [3.63, 3.8) is 0 Å². The van der Waals surface area contributed by atoms with Crippen molar-refractivity contribution in [1.82, 2.24) is 4.72 Å². The largest absolute Gasteiger partial charge is 0.324 e. The highest BCUT2D eigenvalue weighted by molar-refractivity contribution is 7.89. The number of rotatable bonds is 4. The van der Waals surface area contributed by atoms with Crippen molar-refractivity contribution in [3.8, 4) is 0 Å². The second-order valence-electron chi connectivity index (χ2n) is 5.60. The molecule has 0 aliphatic heterocycles. The number of halogens is 1. The van der Waals surface area contributed by atoms with Gasteiger partial charge in [-0.15, -0.1) is 12.4 Å². The van der Waals surface area contributed by atoms with Gasteiger partial charge < -0.3 is 5.73 Å². The summed E-state index contributed by atoms with van der Waals surface area (Å²) in [6.45, 7) is 3.81. The molecule has 0 aromatic heterocycles. The summed E-state index contributed by atoms with van der Waals surface area (Å²) in [5, 5.41) is 0. The van der Waals surface area contributed by atoms with Gasteiger partial charge in [0.25, 0.3) is 0 Å². The lowest BCUT2D eigenvalue weighted by molar-refractivity contribution is 0.498. The van der Waals surface area contributed by atoms with E-state index in [1.165, 1.54) is 5.56 Å². The second-order valence-corrected chi connectivity index (χ2v) is 7.36. The van der Waals surface area contributed by atoms with Crippen LogP contribution in [0.2, 0.25) is 0 Å². The van der Waals surface area contributed by atoms with Crippen molar-refractivity contribution >= 4 is 22.4 Å². The van der Waals surface area contributed by atoms with Crippen molar-refractivity contribution in [2.45, 2.75) is 43.5 Å². The molecule has 0 unspecified atom stereocenters. The summed E-state index contributed by atoms with van der Waals surface area (Å²) in [5.74, 6) is 0. The maximum Gasteiger partial charge on any atom is 0.240 e. The molecule has 1 aliphatic rings. The smallest absolute Gasteiger partial charge is 0.240 e. The Bertz CT molecular complexity index is 550. The Morgan fingerprint density at radius 3 is 2.53 bits per heavy atom. The lowest BCUT2D eigenvalue weighted by Gasteiger charge is -2.19. The van der Waals surface area contributed by atoms with Crippen LogP contribution < -0.4 is 10.5 Å². The fourth-order valence-electron chi connectivity index (χ4n) is 2.08. The van der Waals surface area contributed by atoms with Gasteiger partial charge in [0.2, 0.25) is 10.0 Å². The number of nitrogens with two attached hydrogens (primary N) is 1. The molecule has 0 saturated heterocycles. The van der Waals surface area contributed by atoms with E-state index in [1.807, 2.05) is 6.07 Å². The SMILES string of the molecule is CC(C)(N)CNS(=O)(=O)c1ccc2c(c1)CCC2.Cl. The number of hydrogen-bond acceptors (Lipinski definition) is 3. The number of nitrogens with one attached hydrogen (secondary N) is 1. The van der Waals surface area contributed by atoms with Crippen LogP contribution in [0.15, 0.2) is 23.1 Å². The molecule has 0 fully saturated rings. The third-order valence-corrected chi connectivity index (χ3v) is 4.50. The highest BCUT2D eigenvalue weighted by Gasteiger charge is 2.20. The zero-order valence-corrected chi connectivity index (χ0v) is 12.9. The first-order valence-electron chi connectivity index (χ1n) is 6.18. The molecule has 0 atom stereocenters. The summed E-state index contributed by atoms with van der Waals surface area (Å²) in [6, 6.07) is 5.38. The molecule has 1 aromatic rings. The number of fused-ring (bicyclic) bond motifs is 1. The van der Waals surface area contributed by atoms with E-state index in [0.29, 0.717) is 4.90 Å². The third-order valence-electron chi connectivity index (χ3n) is 3.10. The summed E-state index contributed by atoms with van der Waals surface area (Å²) in [4.78, 5) is 0.340. The van der Waals surface area contributed by atoms with Gasteiger partial charge in [-0.2, -0.15) is 0 Å². The normalized spacial score (nSPS) is 14.9. The van der Waals surface area contributed by atoms with Gasteiger partial charge >= 0.3 is 0 Å².